The van der Waals surface area contributed by atoms with Gasteiger partial charge >= 0.3 is 6.18 Å². The first-order valence-corrected chi connectivity index (χ1v) is 9.62. The standard InChI is InChI=1S/C20H22F3N7O/c1-13(9-16(10-24-3)20(21,22)23)18(31)29(11-15-5-6-15)14(2)17-27-12-28-30(17)19-25-7-4-8-26-19/h4,7-10,12,14-15H,3,5-6,11H2,1-2H3/b13-9+,16-10+. The minimum absolute atomic E-state index is 0.0678. The Kier molecular flexibility index (Phi) is 6.62. The van der Waals surface area contributed by atoms with Gasteiger partial charge < -0.3 is 4.90 Å². The first-order chi connectivity index (χ1) is 14.7. The summed E-state index contributed by atoms with van der Waals surface area (Å²) in [5.74, 6) is 0.470. The molecule has 164 valence electrons. The molecule has 0 bridgehead atoms. The summed E-state index contributed by atoms with van der Waals surface area (Å²) in [5, 5.41) is 4.14. The summed E-state index contributed by atoms with van der Waals surface area (Å²) in [6.07, 6.45) is 3.08. The highest BCUT2D eigenvalue weighted by molar-refractivity contribution is 5.93. The Labute approximate surface area is 177 Å². The maximum atomic E-state index is 13.2. The van der Waals surface area contributed by atoms with Crippen LogP contribution in [0.2, 0.25) is 0 Å². The van der Waals surface area contributed by atoms with Gasteiger partial charge in [-0.15, -0.1) is 0 Å². The molecule has 31 heavy (non-hydrogen) atoms. The van der Waals surface area contributed by atoms with Gasteiger partial charge in [-0.25, -0.2) is 15.0 Å². The maximum Gasteiger partial charge on any atom is 0.417 e. The quantitative estimate of drug-likeness (QED) is 0.361. The van der Waals surface area contributed by atoms with Crippen molar-refractivity contribution in [1.29, 1.82) is 0 Å². The Balaban J connectivity index is 1.93. The molecule has 0 radical (unpaired) electrons. The smallest absolute Gasteiger partial charge is 0.329 e. The van der Waals surface area contributed by atoms with Crippen molar-refractivity contribution in [2.24, 2.45) is 10.9 Å². The summed E-state index contributed by atoms with van der Waals surface area (Å²) < 4.78 is 41.1. The van der Waals surface area contributed by atoms with Crippen molar-refractivity contribution < 1.29 is 18.0 Å². The zero-order valence-corrected chi connectivity index (χ0v) is 17.1. The van der Waals surface area contributed by atoms with Gasteiger partial charge in [0.25, 0.3) is 5.95 Å². The van der Waals surface area contributed by atoms with E-state index in [-0.39, 0.29) is 11.5 Å². The number of carbonyl (C=O) groups excluding carboxylic acids is 1. The monoisotopic (exact) mass is 433 g/mol. The average Bonchev–Trinajstić information content (AvgIpc) is 3.43. The number of nitrogens with zero attached hydrogens (tertiary/aromatic N) is 7. The highest BCUT2D eigenvalue weighted by atomic mass is 19.4. The van der Waals surface area contributed by atoms with Crippen molar-refractivity contribution in [2.75, 3.05) is 6.54 Å². The van der Waals surface area contributed by atoms with Gasteiger partial charge in [0.15, 0.2) is 5.82 Å². The molecule has 0 aliphatic heterocycles. The Morgan fingerprint density at radius 2 is 2.03 bits per heavy atom. The molecule has 1 aliphatic carbocycles. The summed E-state index contributed by atoms with van der Waals surface area (Å²) in [6, 6.07) is 1.09. The fourth-order valence-electron chi connectivity index (χ4n) is 3.04. The molecule has 8 nitrogen and oxygen atoms in total. The topological polar surface area (TPSA) is 89.2 Å². The molecule has 0 spiro atoms. The van der Waals surface area contributed by atoms with Crippen molar-refractivity contribution in [3.63, 3.8) is 0 Å². The van der Waals surface area contributed by atoms with E-state index in [9.17, 15) is 18.0 Å². The molecule has 1 unspecified atom stereocenters. The second-order valence-corrected chi connectivity index (χ2v) is 7.25. The van der Waals surface area contributed by atoms with Gasteiger partial charge in [0.1, 0.15) is 6.33 Å². The largest absolute Gasteiger partial charge is 0.417 e. The second-order valence-electron chi connectivity index (χ2n) is 7.25. The van der Waals surface area contributed by atoms with E-state index in [0.717, 1.165) is 18.9 Å². The Hall–Kier alpha value is -3.37. The number of hydrogen-bond acceptors (Lipinski definition) is 6. The molecule has 1 fully saturated rings. The molecule has 2 heterocycles. The van der Waals surface area contributed by atoms with Gasteiger partial charge in [0.2, 0.25) is 5.91 Å². The first kappa shape index (κ1) is 22.3. The predicted molar refractivity (Wildman–Crippen MR) is 107 cm³/mol. The van der Waals surface area contributed by atoms with E-state index in [1.807, 2.05) is 0 Å². The second kappa shape index (κ2) is 9.19. The van der Waals surface area contributed by atoms with Crippen LogP contribution in [0.4, 0.5) is 13.2 Å². The van der Waals surface area contributed by atoms with E-state index in [4.69, 9.17) is 0 Å². The third kappa shape index (κ3) is 5.41. The van der Waals surface area contributed by atoms with Crippen molar-refractivity contribution in [2.45, 2.75) is 38.9 Å². The molecule has 3 rings (SSSR count). The number of hydrogen-bond donors (Lipinski definition) is 0. The number of carbonyl (C=O) groups is 1. The summed E-state index contributed by atoms with van der Waals surface area (Å²) in [5.41, 5.74) is -1.12. The van der Waals surface area contributed by atoms with Gasteiger partial charge in [0.05, 0.1) is 11.6 Å². The molecule has 0 aromatic carbocycles. The van der Waals surface area contributed by atoms with E-state index < -0.39 is 23.7 Å². The number of amides is 1. The van der Waals surface area contributed by atoms with Gasteiger partial charge in [0, 0.05) is 30.7 Å². The van der Waals surface area contributed by atoms with Crippen LogP contribution in [0.15, 0.2) is 53.2 Å². The molecule has 1 aliphatic rings. The van der Waals surface area contributed by atoms with Crippen LogP contribution in [0.25, 0.3) is 5.95 Å². The zero-order valence-electron chi connectivity index (χ0n) is 17.1. The summed E-state index contributed by atoms with van der Waals surface area (Å²) in [6.45, 7) is 6.57. The highest BCUT2D eigenvalue weighted by Gasteiger charge is 2.35. The van der Waals surface area contributed by atoms with Crippen LogP contribution in [0.5, 0.6) is 0 Å². The predicted octanol–water partition coefficient (Wildman–Crippen LogP) is 3.45. The summed E-state index contributed by atoms with van der Waals surface area (Å²) in [7, 11) is 0. The molecular formula is C20H22F3N7O. The third-order valence-corrected chi connectivity index (χ3v) is 4.84. The third-order valence-electron chi connectivity index (χ3n) is 4.84. The van der Waals surface area contributed by atoms with Gasteiger partial charge in [-0.2, -0.15) is 23.0 Å². The van der Waals surface area contributed by atoms with E-state index in [1.54, 1.807) is 25.4 Å². The van der Waals surface area contributed by atoms with Crippen molar-refractivity contribution in [3.05, 3.63) is 54.0 Å². The van der Waals surface area contributed by atoms with Crippen LogP contribution in [0.3, 0.4) is 0 Å². The molecule has 2 aromatic heterocycles. The van der Waals surface area contributed by atoms with Crippen LogP contribution in [0, 0.1) is 5.92 Å². The van der Waals surface area contributed by atoms with Crippen LogP contribution >= 0.6 is 0 Å². The Morgan fingerprint density at radius 1 is 1.35 bits per heavy atom. The van der Waals surface area contributed by atoms with E-state index in [1.165, 1.54) is 22.8 Å². The number of aliphatic imine (C=N–C) groups is 1. The maximum absolute atomic E-state index is 13.2. The molecule has 2 aromatic rings. The minimum atomic E-state index is -4.65. The van der Waals surface area contributed by atoms with E-state index in [2.05, 4.69) is 31.8 Å². The lowest BCUT2D eigenvalue weighted by Crippen LogP contribution is -2.37. The normalized spacial score (nSPS) is 16.2. The Bertz CT molecular complexity index is 994. The van der Waals surface area contributed by atoms with Gasteiger partial charge in [-0.1, -0.05) is 0 Å². The van der Waals surface area contributed by atoms with Crippen molar-refractivity contribution in [1.82, 2.24) is 29.6 Å². The molecule has 1 atom stereocenters. The molecule has 11 heteroatoms. The van der Waals surface area contributed by atoms with Crippen LogP contribution in [-0.4, -0.2) is 55.0 Å². The fraction of sp³-hybridized carbons (Fsp3) is 0.400. The molecule has 0 N–H and O–H groups in total. The van der Waals surface area contributed by atoms with E-state index in [0.29, 0.717) is 24.5 Å². The number of rotatable bonds is 8. The number of alkyl halides is 3. The van der Waals surface area contributed by atoms with E-state index >= 15 is 0 Å². The van der Waals surface area contributed by atoms with Gasteiger partial charge in [-0.05, 0) is 51.5 Å². The summed E-state index contributed by atoms with van der Waals surface area (Å²) >= 11 is 0. The van der Waals surface area contributed by atoms with Crippen LogP contribution in [0.1, 0.15) is 38.6 Å². The summed E-state index contributed by atoms with van der Waals surface area (Å²) in [4.78, 5) is 30.5. The van der Waals surface area contributed by atoms with Crippen molar-refractivity contribution in [3.8, 4) is 5.95 Å². The SMILES string of the molecule is C=N/C=C(\C=C(/C)C(=O)N(CC1CC1)C(C)c1ncnn1-c1ncccn1)C(F)(F)F. The highest BCUT2D eigenvalue weighted by Crippen LogP contribution is 2.34. The number of halogens is 3. The van der Waals surface area contributed by atoms with Crippen LogP contribution in [-0.2, 0) is 4.79 Å². The van der Waals surface area contributed by atoms with Crippen LogP contribution < -0.4 is 0 Å². The molecular weight excluding hydrogens is 411 g/mol. The number of aromatic nitrogens is 5. The molecule has 0 saturated heterocycles. The molecule has 1 saturated carbocycles. The molecule has 1 amide bonds. The van der Waals surface area contributed by atoms with Gasteiger partial charge in [-0.3, -0.25) is 9.79 Å². The first-order valence-electron chi connectivity index (χ1n) is 9.62. The number of allylic oxidation sites excluding steroid dienone is 2. The Morgan fingerprint density at radius 3 is 2.61 bits per heavy atom. The fourth-order valence-corrected chi connectivity index (χ4v) is 3.04. The van der Waals surface area contributed by atoms with Crippen molar-refractivity contribution >= 4 is 12.6 Å². The zero-order chi connectivity index (χ0) is 22.6. The lowest BCUT2D eigenvalue weighted by Gasteiger charge is -2.29. The minimum Gasteiger partial charge on any atom is -0.329 e. The lowest BCUT2D eigenvalue weighted by atomic mass is 10.1. The lowest BCUT2D eigenvalue weighted by molar-refractivity contribution is -0.129. The average molecular weight is 433 g/mol.